The van der Waals surface area contributed by atoms with Crippen LogP contribution < -0.4 is 5.32 Å². The molecule has 1 aromatic carbocycles. The summed E-state index contributed by atoms with van der Waals surface area (Å²) in [6.45, 7) is 10.8. The number of carbonyl (C=O) groups is 4. The normalized spacial score (nSPS) is 29.0. The Hall–Kier alpha value is -3.36. The Morgan fingerprint density at radius 2 is 1.91 bits per heavy atom. The van der Waals surface area contributed by atoms with Crippen molar-refractivity contribution in [3.63, 3.8) is 0 Å². The maximum absolute atomic E-state index is 14.7. The molecule has 7 unspecified atom stereocenters. The van der Waals surface area contributed by atoms with E-state index in [1.165, 1.54) is 4.90 Å². The number of Topliss-reactive ketones (excluding diaryl/α,β-unsaturated/α-hetero) is 1. The molecule has 1 saturated carbocycles. The monoisotopic (exact) mass is 604 g/mol. The van der Waals surface area contributed by atoms with Gasteiger partial charge in [-0.15, -0.1) is 6.58 Å². The number of unbranched alkanes of at least 4 members (excludes halogenated alkanes) is 2. The molecule has 44 heavy (non-hydrogen) atoms. The minimum Gasteiger partial charge on any atom is -0.385 e. The average Bonchev–Trinajstić information content (AvgIpc) is 3.24. The molecule has 1 heterocycles. The maximum Gasteiger partial charge on any atom is 0.265 e. The van der Waals surface area contributed by atoms with Crippen molar-refractivity contribution in [2.24, 2.45) is 35.5 Å². The van der Waals surface area contributed by atoms with Gasteiger partial charge in [0.25, 0.3) is 11.8 Å². The lowest BCUT2D eigenvalue weighted by Gasteiger charge is -2.51. The third kappa shape index (κ3) is 6.81. The van der Waals surface area contributed by atoms with Crippen LogP contribution in [0.4, 0.5) is 0 Å². The second kappa shape index (κ2) is 14.6. The molecule has 2 N–H and O–H groups in total. The Balaban J connectivity index is 1.70. The predicted molar refractivity (Wildman–Crippen MR) is 169 cm³/mol. The summed E-state index contributed by atoms with van der Waals surface area (Å²) in [5.41, 5.74) is -0.440. The molecule has 0 radical (unpaired) electrons. The van der Waals surface area contributed by atoms with Gasteiger partial charge in [0.1, 0.15) is 0 Å². The second-order valence-corrected chi connectivity index (χ2v) is 12.8. The third-order valence-corrected chi connectivity index (χ3v) is 9.75. The van der Waals surface area contributed by atoms with E-state index in [9.17, 15) is 24.3 Å². The van der Waals surface area contributed by atoms with Gasteiger partial charge in [0, 0.05) is 42.9 Å². The van der Waals surface area contributed by atoms with Crippen LogP contribution in [-0.4, -0.2) is 59.4 Å². The van der Waals surface area contributed by atoms with Crippen LogP contribution >= 0.6 is 0 Å². The zero-order chi connectivity index (χ0) is 32.0. The lowest BCUT2D eigenvalue weighted by Crippen LogP contribution is -2.56. The summed E-state index contributed by atoms with van der Waals surface area (Å²) in [6, 6.07) is 9.28. The third-order valence-electron chi connectivity index (χ3n) is 9.75. The summed E-state index contributed by atoms with van der Waals surface area (Å²) >= 11 is 0. The molecule has 1 aromatic rings. The fraction of sp³-hybridized carbons (Fsp3) is 0.556. The highest BCUT2D eigenvalue weighted by Crippen LogP contribution is 2.51. The molecule has 8 heteroatoms. The number of methoxy groups -OCH3 is 1. The smallest absolute Gasteiger partial charge is 0.265 e. The van der Waals surface area contributed by atoms with Crippen LogP contribution in [0.2, 0.25) is 0 Å². The molecule has 0 aromatic heterocycles. The lowest BCUT2D eigenvalue weighted by atomic mass is 9.55. The molecule has 1 aliphatic heterocycles. The minimum absolute atomic E-state index is 0.0616. The number of ketones is 1. The van der Waals surface area contributed by atoms with Crippen LogP contribution in [0.1, 0.15) is 64.9 Å². The Morgan fingerprint density at radius 3 is 2.57 bits per heavy atom. The molecule has 1 fully saturated rings. The molecule has 0 saturated heterocycles. The maximum atomic E-state index is 14.7. The van der Waals surface area contributed by atoms with Gasteiger partial charge in [-0.25, -0.2) is 0 Å². The minimum atomic E-state index is -1.40. The first-order chi connectivity index (χ1) is 21.1. The molecular formula is C36H48N2O6. The van der Waals surface area contributed by atoms with Crippen molar-refractivity contribution >= 4 is 23.5 Å². The Labute approximate surface area is 261 Å². The molecule has 7 atom stereocenters. The fourth-order valence-electron chi connectivity index (χ4n) is 7.58. The van der Waals surface area contributed by atoms with Gasteiger partial charge in [0.05, 0.1) is 24.3 Å². The molecule has 2 aliphatic carbocycles. The van der Waals surface area contributed by atoms with E-state index in [4.69, 9.17) is 4.74 Å². The zero-order valence-electron chi connectivity index (χ0n) is 26.6. The number of imide groups is 1. The summed E-state index contributed by atoms with van der Waals surface area (Å²) in [5, 5.41) is 14.9. The number of aliphatic hydroxyl groups is 1. The molecule has 0 bridgehead atoms. The van der Waals surface area contributed by atoms with Crippen LogP contribution in [0.3, 0.4) is 0 Å². The quantitative estimate of drug-likeness (QED) is 0.137. The topological polar surface area (TPSA) is 113 Å². The number of carbonyl (C=O) groups excluding carboxylic acids is 4. The van der Waals surface area contributed by atoms with Crippen molar-refractivity contribution in [2.75, 3.05) is 20.3 Å². The van der Waals surface area contributed by atoms with Crippen molar-refractivity contribution < 1.29 is 29.0 Å². The van der Waals surface area contributed by atoms with E-state index in [0.29, 0.717) is 26.0 Å². The van der Waals surface area contributed by atoms with E-state index in [1.54, 1.807) is 19.3 Å². The molecule has 238 valence electrons. The predicted octanol–water partition coefficient (Wildman–Crippen LogP) is 4.78. The largest absolute Gasteiger partial charge is 0.385 e. The fourth-order valence-corrected chi connectivity index (χ4v) is 7.58. The van der Waals surface area contributed by atoms with Crippen LogP contribution in [0.25, 0.3) is 0 Å². The number of fused-ring (bicyclic) bond motifs is 1. The zero-order valence-corrected chi connectivity index (χ0v) is 26.6. The number of nitrogens with zero attached hydrogens (tertiary/aromatic N) is 1. The molecular weight excluding hydrogens is 556 g/mol. The lowest BCUT2D eigenvalue weighted by molar-refractivity contribution is -0.144. The number of ether oxygens (including phenoxy) is 1. The van der Waals surface area contributed by atoms with Gasteiger partial charge in [0.15, 0.2) is 5.78 Å². The molecule has 8 nitrogen and oxygen atoms in total. The number of allylic oxidation sites excluding steroid dienone is 2. The average molecular weight is 605 g/mol. The van der Waals surface area contributed by atoms with Gasteiger partial charge in [-0.1, -0.05) is 88.6 Å². The summed E-state index contributed by atoms with van der Waals surface area (Å²) in [4.78, 5) is 57.0. The summed E-state index contributed by atoms with van der Waals surface area (Å²) in [6.07, 6.45) is 9.36. The first-order valence-electron chi connectivity index (χ1n) is 16.1. The van der Waals surface area contributed by atoms with Gasteiger partial charge in [0.2, 0.25) is 5.91 Å². The van der Waals surface area contributed by atoms with Crippen molar-refractivity contribution in [2.45, 2.75) is 71.4 Å². The van der Waals surface area contributed by atoms with Crippen LogP contribution in [-0.2, 0) is 30.5 Å². The molecule has 4 rings (SSSR count). The molecule has 0 spiro atoms. The number of hydrogen-bond acceptors (Lipinski definition) is 6. The van der Waals surface area contributed by atoms with Crippen molar-refractivity contribution in [1.82, 2.24) is 10.2 Å². The van der Waals surface area contributed by atoms with Crippen molar-refractivity contribution in [3.8, 4) is 0 Å². The summed E-state index contributed by atoms with van der Waals surface area (Å²) < 4.78 is 5.05. The van der Waals surface area contributed by atoms with E-state index in [0.717, 1.165) is 24.8 Å². The van der Waals surface area contributed by atoms with E-state index < -0.39 is 46.9 Å². The number of nitrogens with one attached hydrogen (secondary N) is 1. The van der Waals surface area contributed by atoms with E-state index in [1.807, 2.05) is 50.3 Å². The van der Waals surface area contributed by atoms with Crippen LogP contribution in [0.15, 0.2) is 66.3 Å². The summed E-state index contributed by atoms with van der Waals surface area (Å²) in [5.74, 6) is -4.12. The van der Waals surface area contributed by atoms with Crippen LogP contribution in [0.5, 0.6) is 0 Å². The SMILES string of the molecule is C=CC(CCCCC)C1=C(C(=O)C2C(C)C=CC3(O)CC(C(=O)NCCOC)CC(C)C23)C(=O)N(Cc2ccccc2)C1=O. The first-order valence-corrected chi connectivity index (χ1v) is 16.1. The number of benzene rings is 1. The van der Waals surface area contributed by atoms with Gasteiger partial charge in [-0.05, 0) is 36.7 Å². The Kier molecular flexibility index (Phi) is 11.1. The van der Waals surface area contributed by atoms with Gasteiger partial charge < -0.3 is 15.2 Å². The first kappa shape index (κ1) is 33.5. The van der Waals surface area contributed by atoms with Gasteiger partial charge in [-0.2, -0.15) is 0 Å². The Bertz CT molecular complexity index is 1300. The van der Waals surface area contributed by atoms with E-state index in [2.05, 4.69) is 18.8 Å². The number of rotatable bonds is 14. The van der Waals surface area contributed by atoms with E-state index >= 15 is 0 Å². The highest BCUT2D eigenvalue weighted by Gasteiger charge is 2.56. The number of amides is 3. The summed E-state index contributed by atoms with van der Waals surface area (Å²) in [7, 11) is 1.57. The standard InChI is InChI=1S/C36H48N2O6/c1-6-8-10-15-26(7-2)29-30(35(42)38(34(29)41)22-25-13-11-9-12-14-25)32(39)28-23(3)16-17-36(43)21-27(20-24(4)31(28)36)33(40)37-18-19-44-5/h7,9,11-14,16-17,23-24,26-28,31,43H,2,6,8,10,15,18-22H2,1,3-5H3,(H,37,40). The Morgan fingerprint density at radius 1 is 1.18 bits per heavy atom. The van der Waals surface area contributed by atoms with Crippen LogP contribution in [0, 0.1) is 35.5 Å². The van der Waals surface area contributed by atoms with Gasteiger partial charge >= 0.3 is 0 Å². The highest BCUT2D eigenvalue weighted by atomic mass is 16.5. The number of hydrogen-bond donors (Lipinski definition) is 2. The van der Waals surface area contributed by atoms with E-state index in [-0.39, 0.29) is 41.9 Å². The van der Waals surface area contributed by atoms with Crippen molar-refractivity contribution in [1.29, 1.82) is 0 Å². The second-order valence-electron chi connectivity index (χ2n) is 12.8. The molecule has 3 aliphatic rings. The van der Waals surface area contributed by atoms with Crippen molar-refractivity contribution in [3.05, 3.63) is 71.8 Å². The highest BCUT2D eigenvalue weighted by molar-refractivity contribution is 6.32. The van der Waals surface area contributed by atoms with Gasteiger partial charge in [-0.3, -0.25) is 24.1 Å². The molecule has 3 amide bonds.